The third-order valence-electron chi connectivity index (χ3n) is 12.4. The van der Waals surface area contributed by atoms with Gasteiger partial charge in [-0.25, -0.2) is 0 Å². The Hall–Kier alpha value is -6.98. The van der Waals surface area contributed by atoms with Crippen LogP contribution in [0, 0.1) is 38.5 Å². The molecule has 0 N–H and O–H groups in total. The van der Waals surface area contributed by atoms with E-state index in [2.05, 4.69) is 178 Å². The monoisotopic (exact) mass is 852 g/mol. The van der Waals surface area contributed by atoms with Crippen molar-refractivity contribution in [3.63, 3.8) is 0 Å². The molecule has 0 aliphatic carbocycles. The van der Waals surface area contributed by atoms with E-state index in [4.69, 9.17) is 23.5 Å². The summed E-state index contributed by atoms with van der Waals surface area (Å²) in [4.78, 5) is 9.91. The molecule has 0 fully saturated rings. The van der Waals surface area contributed by atoms with Gasteiger partial charge in [-0.3, -0.25) is 9.97 Å². The molecular formula is C60H56N2O3. The number of rotatable bonds is 8. The molecule has 0 saturated carbocycles. The summed E-state index contributed by atoms with van der Waals surface area (Å²) >= 11 is 0. The highest BCUT2D eigenvalue weighted by atomic mass is 16.5. The molecule has 4 aromatic heterocycles. The van der Waals surface area contributed by atoms with Crippen molar-refractivity contribution in [3.05, 3.63) is 167 Å². The summed E-state index contributed by atoms with van der Waals surface area (Å²) in [6.45, 7) is 22.4. The predicted octanol–water partition coefficient (Wildman–Crippen LogP) is 17.1. The van der Waals surface area contributed by atoms with Crippen molar-refractivity contribution in [1.82, 2.24) is 9.97 Å². The fourth-order valence-electron chi connectivity index (χ4n) is 10.0. The summed E-state index contributed by atoms with van der Waals surface area (Å²) in [5, 5.41) is 6.08. The van der Waals surface area contributed by atoms with Crippen molar-refractivity contribution in [2.24, 2.45) is 10.8 Å². The van der Waals surface area contributed by atoms with Crippen LogP contribution in [-0.2, 0) is 12.8 Å². The number of nitrogens with zero attached hydrogens (tertiary/aromatic N) is 2. The van der Waals surface area contributed by atoms with E-state index in [0.717, 1.165) is 113 Å². The van der Waals surface area contributed by atoms with Crippen LogP contribution in [0.2, 0.25) is 0 Å². The first-order chi connectivity index (χ1) is 31.0. The van der Waals surface area contributed by atoms with Gasteiger partial charge in [-0.1, -0.05) is 114 Å². The third kappa shape index (κ3) is 8.21. The van der Waals surface area contributed by atoms with Gasteiger partial charge in [0.2, 0.25) is 0 Å². The van der Waals surface area contributed by atoms with Crippen LogP contribution in [0.5, 0.6) is 11.5 Å². The van der Waals surface area contributed by atoms with Gasteiger partial charge in [-0.2, -0.15) is 0 Å². The van der Waals surface area contributed by atoms with Crippen molar-refractivity contribution in [1.29, 1.82) is 0 Å². The van der Waals surface area contributed by atoms with Crippen LogP contribution in [0.3, 0.4) is 0 Å². The van der Waals surface area contributed by atoms with Crippen molar-refractivity contribution in [2.75, 3.05) is 0 Å². The molecule has 0 aliphatic rings. The van der Waals surface area contributed by atoms with Gasteiger partial charge in [-0.15, -0.1) is 0 Å². The van der Waals surface area contributed by atoms with E-state index in [1.807, 2.05) is 24.5 Å². The van der Waals surface area contributed by atoms with E-state index >= 15 is 0 Å². The van der Waals surface area contributed by atoms with Gasteiger partial charge < -0.3 is 13.6 Å². The topological polar surface area (TPSA) is 61.3 Å². The number of fused-ring (bicyclic) bond motifs is 4. The first-order valence-electron chi connectivity index (χ1n) is 22.8. The maximum Gasteiger partial charge on any atom is 0.161 e. The largest absolute Gasteiger partial charge is 0.456 e. The second-order valence-corrected chi connectivity index (χ2v) is 20.6. The van der Waals surface area contributed by atoms with Gasteiger partial charge in [0.05, 0.1) is 0 Å². The molecular weight excluding hydrogens is 797 g/mol. The molecule has 0 aliphatic heterocycles. The second-order valence-electron chi connectivity index (χ2n) is 20.6. The van der Waals surface area contributed by atoms with E-state index < -0.39 is 0 Å². The van der Waals surface area contributed by atoms with Crippen molar-refractivity contribution < 1.29 is 13.6 Å². The fraction of sp³-hybridized carbons (Fsp3) is 0.233. The Labute approximate surface area is 382 Å². The van der Waals surface area contributed by atoms with E-state index in [-0.39, 0.29) is 10.8 Å². The van der Waals surface area contributed by atoms with Crippen LogP contribution in [0.4, 0.5) is 0 Å². The van der Waals surface area contributed by atoms with Crippen molar-refractivity contribution in [2.45, 2.75) is 82.1 Å². The number of aryl methyl sites for hydroxylation is 4. The molecule has 5 nitrogen and oxygen atoms in total. The molecule has 0 amide bonds. The number of pyridine rings is 2. The summed E-state index contributed by atoms with van der Waals surface area (Å²) in [5.74, 6) is 3.14. The van der Waals surface area contributed by atoms with Gasteiger partial charge in [0, 0.05) is 56.2 Å². The molecule has 324 valence electrons. The Morgan fingerprint density at radius 2 is 0.831 bits per heavy atom. The van der Waals surface area contributed by atoms with E-state index in [0.29, 0.717) is 0 Å². The lowest BCUT2D eigenvalue weighted by Gasteiger charge is -2.20. The lowest BCUT2D eigenvalue weighted by molar-refractivity contribution is 0.410. The van der Waals surface area contributed by atoms with Crippen LogP contribution >= 0.6 is 0 Å². The number of furan rings is 2. The number of benzene rings is 6. The zero-order valence-corrected chi connectivity index (χ0v) is 39.2. The number of hydrogen-bond acceptors (Lipinski definition) is 5. The minimum atomic E-state index is 0.202. The summed E-state index contributed by atoms with van der Waals surface area (Å²) in [7, 11) is 0. The van der Waals surface area contributed by atoms with Crippen LogP contribution in [-0.4, -0.2) is 9.97 Å². The average Bonchev–Trinajstić information content (AvgIpc) is 3.86. The highest BCUT2D eigenvalue weighted by Gasteiger charge is 2.22. The Morgan fingerprint density at radius 1 is 0.446 bits per heavy atom. The van der Waals surface area contributed by atoms with Crippen LogP contribution in [0.25, 0.3) is 88.6 Å². The molecule has 65 heavy (non-hydrogen) atoms. The number of aromatic nitrogens is 2. The first kappa shape index (κ1) is 42.0. The van der Waals surface area contributed by atoms with Crippen molar-refractivity contribution >= 4 is 43.5 Å². The average molecular weight is 853 g/mol. The summed E-state index contributed by atoms with van der Waals surface area (Å²) in [5.41, 5.74) is 15.0. The fourth-order valence-corrected chi connectivity index (χ4v) is 10.0. The minimum absolute atomic E-state index is 0.202. The van der Waals surface area contributed by atoms with E-state index in [9.17, 15) is 0 Å². The Bertz CT molecular complexity index is 3200. The molecule has 0 saturated heterocycles. The minimum Gasteiger partial charge on any atom is -0.456 e. The SMILES string of the molecule is Cc1cc(CC(C)(C)C)cc(C)c1-c1cc2ccnc(-c3cc(Oc4cc(-c5nccc6cc(-c7c(C)cc(CC(C)(C)C)cc7C)oc56)cc5ccccc45)c4ccccc4c3)c2o1. The molecule has 0 unspecified atom stereocenters. The molecule has 6 aromatic carbocycles. The van der Waals surface area contributed by atoms with Crippen LogP contribution < -0.4 is 4.74 Å². The predicted molar refractivity (Wildman–Crippen MR) is 270 cm³/mol. The van der Waals surface area contributed by atoms with Gasteiger partial charge >= 0.3 is 0 Å². The second kappa shape index (κ2) is 15.9. The summed E-state index contributed by atoms with van der Waals surface area (Å²) in [6, 6.07) is 42.9. The zero-order valence-electron chi connectivity index (χ0n) is 39.2. The summed E-state index contributed by atoms with van der Waals surface area (Å²) < 4.78 is 20.8. The highest BCUT2D eigenvalue weighted by Crippen LogP contribution is 2.44. The standard InChI is InChI=1S/C60H56N2O3/c1-35-23-39(33-59(5,6)7)24-36(2)53(35)51-29-43-19-21-61-55(57(43)64-51)45-27-41-15-11-13-17-47(41)49(31-45)63-50-32-46(28-42-16-12-14-18-48(42)50)56-58-44(20-22-62-56)30-52(65-58)54-37(3)25-40(26-38(54)4)34-60(8,9)10/h11-32H,33-34H2,1-10H3. The Kier molecular flexibility index (Phi) is 10.3. The molecule has 0 radical (unpaired) electrons. The lowest BCUT2D eigenvalue weighted by Crippen LogP contribution is -2.09. The van der Waals surface area contributed by atoms with Crippen LogP contribution in [0.15, 0.2) is 143 Å². The summed E-state index contributed by atoms with van der Waals surface area (Å²) in [6.07, 6.45) is 5.77. The number of hydrogen-bond donors (Lipinski definition) is 0. The van der Waals surface area contributed by atoms with Gasteiger partial charge in [0.1, 0.15) is 34.4 Å². The number of ether oxygens (including phenoxy) is 1. The molecule has 0 atom stereocenters. The smallest absolute Gasteiger partial charge is 0.161 e. The van der Waals surface area contributed by atoms with Crippen LogP contribution in [0.1, 0.15) is 74.9 Å². The Morgan fingerprint density at radius 3 is 1.22 bits per heavy atom. The molecule has 0 bridgehead atoms. The molecule has 10 aromatic rings. The maximum atomic E-state index is 7.14. The van der Waals surface area contributed by atoms with Crippen molar-refractivity contribution in [3.8, 4) is 56.7 Å². The van der Waals surface area contributed by atoms with E-state index in [1.165, 1.54) is 33.4 Å². The van der Waals surface area contributed by atoms with E-state index in [1.54, 1.807) is 0 Å². The third-order valence-corrected chi connectivity index (χ3v) is 12.4. The zero-order chi connectivity index (χ0) is 45.4. The molecule has 10 rings (SSSR count). The van der Waals surface area contributed by atoms with Gasteiger partial charge in [0.15, 0.2) is 11.2 Å². The quantitative estimate of drug-likeness (QED) is 0.152. The molecule has 0 spiro atoms. The van der Waals surface area contributed by atoms with Gasteiger partial charge in [0.25, 0.3) is 0 Å². The lowest BCUT2D eigenvalue weighted by atomic mass is 9.86. The Balaban J connectivity index is 1.06. The highest BCUT2D eigenvalue weighted by molar-refractivity contribution is 6.01. The first-order valence-corrected chi connectivity index (χ1v) is 22.8. The normalized spacial score (nSPS) is 12.3. The molecule has 4 heterocycles. The van der Waals surface area contributed by atoms with Gasteiger partial charge in [-0.05, 0) is 144 Å². The maximum absolute atomic E-state index is 7.14. The molecule has 5 heteroatoms.